The molecule has 7 nitrogen and oxygen atoms in total. The Bertz CT molecular complexity index is 1130. The van der Waals surface area contributed by atoms with Gasteiger partial charge < -0.3 is 5.11 Å². The fourth-order valence-electron chi connectivity index (χ4n) is 2.88. The van der Waals surface area contributed by atoms with Crippen molar-refractivity contribution in [3.05, 3.63) is 77.3 Å². The third-order valence-electron chi connectivity index (χ3n) is 4.23. The Morgan fingerprint density at radius 3 is 2.67 bits per heavy atom. The molecule has 2 aromatic heterocycles. The Kier molecular flexibility index (Phi) is 4.21. The van der Waals surface area contributed by atoms with Crippen molar-refractivity contribution in [3.8, 4) is 22.5 Å². The highest BCUT2D eigenvalue weighted by Gasteiger charge is 2.14. The van der Waals surface area contributed by atoms with E-state index >= 15 is 0 Å². The first kappa shape index (κ1) is 17.0. The molecule has 0 aliphatic rings. The SMILES string of the molecule is Cc1ccc(-n2ccnn2)cc1-c1cc(Cl)ccc1-n1cc(C(=O)O)cn1. The van der Waals surface area contributed by atoms with Gasteiger partial charge in [0.05, 0.1) is 35.5 Å². The van der Waals surface area contributed by atoms with Gasteiger partial charge in [-0.15, -0.1) is 5.10 Å². The third kappa shape index (κ3) is 3.20. The Hall–Kier alpha value is -3.45. The van der Waals surface area contributed by atoms with Gasteiger partial charge in [-0.1, -0.05) is 22.9 Å². The zero-order valence-corrected chi connectivity index (χ0v) is 15.0. The standard InChI is InChI=1S/C19H14ClN5O2/c1-12-2-4-15(24-7-6-21-23-24)9-16(12)17-8-14(20)3-5-18(17)25-11-13(10-22-25)19(26)27/h2-11H,1H3,(H,26,27). The molecule has 0 bridgehead atoms. The van der Waals surface area contributed by atoms with Crippen molar-refractivity contribution < 1.29 is 9.90 Å². The minimum atomic E-state index is -1.03. The normalized spacial score (nSPS) is 10.9. The number of hydrogen-bond acceptors (Lipinski definition) is 4. The molecule has 4 rings (SSSR count). The zero-order valence-electron chi connectivity index (χ0n) is 14.2. The van der Waals surface area contributed by atoms with Crippen LogP contribution in [0.2, 0.25) is 5.02 Å². The minimum Gasteiger partial charge on any atom is -0.478 e. The summed E-state index contributed by atoms with van der Waals surface area (Å²) in [4.78, 5) is 11.2. The summed E-state index contributed by atoms with van der Waals surface area (Å²) in [5.74, 6) is -1.03. The molecule has 8 heteroatoms. The number of carboxylic acid groups (broad SMARTS) is 1. The van der Waals surface area contributed by atoms with Crippen molar-refractivity contribution in [3.63, 3.8) is 0 Å². The van der Waals surface area contributed by atoms with Crippen LogP contribution in [0.15, 0.2) is 61.2 Å². The Labute approximate surface area is 159 Å². The van der Waals surface area contributed by atoms with Gasteiger partial charge in [0.25, 0.3) is 0 Å². The fourth-order valence-corrected chi connectivity index (χ4v) is 3.05. The number of benzene rings is 2. The number of aromatic nitrogens is 5. The first-order valence-corrected chi connectivity index (χ1v) is 8.46. The zero-order chi connectivity index (χ0) is 19.0. The molecule has 0 atom stereocenters. The molecule has 0 aliphatic heterocycles. The van der Waals surface area contributed by atoms with E-state index in [1.165, 1.54) is 17.1 Å². The van der Waals surface area contributed by atoms with Crippen LogP contribution in [0.4, 0.5) is 0 Å². The summed E-state index contributed by atoms with van der Waals surface area (Å²) in [5, 5.41) is 21.8. The highest BCUT2D eigenvalue weighted by atomic mass is 35.5. The van der Waals surface area contributed by atoms with E-state index in [2.05, 4.69) is 15.4 Å². The number of hydrogen-bond donors (Lipinski definition) is 1. The van der Waals surface area contributed by atoms with Gasteiger partial charge in [-0.05, 0) is 48.4 Å². The number of aryl methyl sites for hydroxylation is 1. The van der Waals surface area contributed by atoms with E-state index in [4.69, 9.17) is 11.6 Å². The molecule has 0 aliphatic carbocycles. The molecular formula is C19H14ClN5O2. The lowest BCUT2D eigenvalue weighted by atomic mass is 9.98. The molecule has 2 aromatic carbocycles. The van der Waals surface area contributed by atoms with E-state index in [0.717, 1.165) is 28.1 Å². The number of nitrogens with zero attached hydrogens (tertiary/aromatic N) is 5. The maximum absolute atomic E-state index is 11.2. The minimum absolute atomic E-state index is 0.115. The number of rotatable bonds is 4. The predicted molar refractivity (Wildman–Crippen MR) is 101 cm³/mol. The molecule has 4 aromatic rings. The topological polar surface area (TPSA) is 85.8 Å². The van der Waals surface area contributed by atoms with E-state index in [1.54, 1.807) is 23.1 Å². The fraction of sp³-hybridized carbons (Fsp3) is 0.0526. The van der Waals surface area contributed by atoms with Gasteiger partial charge >= 0.3 is 5.97 Å². The number of carboxylic acids is 1. The second kappa shape index (κ2) is 6.69. The van der Waals surface area contributed by atoms with Crippen LogP contribution in [0, 0.1) is 6.92 Å². The molecule has 0 saturated carbocycles. The smallest absolute Gasteiger partial charge is 0.338 e. The molecule has 134 valence electrons. The van der Waals surface area contributed by atoms with Gasteiger partial charge in [-0.25, -0.2) is 14.2 Å². The van der Waals surface area contributed by atoms with Crippen molar-refractivity contribution >= 4 is 17.6 Å². The maximum Gasteiger partial charge on any atom is 0.338 e. The van der Waals surface area contributed by atoms with E-state index < -0.39 is 5.97 Å². The lowest BCUT2D eigenvalue weighted by Gasteiger charge is -2.14. The molecule has 0 saturated heterocycles. The van der Waals surface area contributed by atoms with Crippen molar-refractivity contribution in [2.24, 2.45) is 0 Å². The van der Waals surface area contributed by atoms with Gasteiger partial charge in [-0.2, -0.15) is 5.10 Å². The van der Waals surface area contributed by atoms with Crippen LogP contribution in [0.25, 0.3) is 22.5 Å². The van der Waals surface area contributed by atoms with Crippen LogP contribution in [0.3, 0.4) is 0 Å². The second-order valence-corrected chi connectivity index (χ2v) is 6.42. The van der Waals surface area contributed by atoms with Crippen molar-refractivity contribution in [2.45, 2.75) is 6.92 Å². The predicted octanol–water partition coefficient (Wildman–Crippen LogP) is 3.78. The highest BCUT2D eigenvalue weighted by molar-refractivity contribution is 6.31. The third-order valence-corrected chi connectivity index (χ3v) is 4.47. The number of aromatic carboxylic acids is 1. The molecule has 0 radical (unpaired) electrons. The second-order valence-electron chi connectivity index (χ2n) is 5.99. The average Bonchev–Trinajstić information content (AvgIpc) is 3.34. The maximum atomic E-state index is 11.2. The van der Waals surface area contributed by atoms with E-state index in [0.29, 0.717) is 5.02 Å². The van der Waals surface area contributed by atoms with E-state index in [-0.39, 0.29) is 5.56 Å². The van der Waals surface area contributed by atoms with Crippen LogP contribution in [-0.2, 0) is 0 Å². The van der Waals surface area contributed by atoms with Crippen molar-refractivity contribution in [1.29, 1.82) is 0 Å². The number of halogens is 1. The molecular weight excluding hydrogens is 366 g/mol. The summed E-state index contributed by atoms with van der Waals surface area (Å²) in [6.45, 7) is 2.00. The lowest BCUT2D eigenvalue weighted by molar-refractivity contribution is 0.0697. The summed E-state index contributed by atoms with van der Waals surface area (Å²) in [6.07, 6.45) is 6.17. The monoisotopic (exact) mass is 379 g/mol. The number of carbonyl (C=O) groups is 1. The van der Waals surface area contributed by atoms with Gasteiger partial charge in [-0.3, -0.25) is 0 Å². The van der Waals surface area contributed by atoms with Crippen LogP contribution in [0.5, 0.6) is 0 Å². The Morgan fingerprint density at radius 1 is 1.11 bits per heavy atom. The van der Waals surface area contributed by atoms with Gasteiger partial charge in [0.1, 0.15) is 0 Å². The van der Waals surface area contributed by atoms with Crippen LogP contribution in [-0.4, -0.2) is 35.9 Å². The Balaban J connectivity index is 1.90. The Morgan fingerprint density at radius 2 is 1.96 bits per heavy atom. The van der Waals surface area contributed by atoms with Crippen LogP contribution < -0.4 is 0 Å². The average molecular weight is 380 g/mol. The van der Waals surface area contributed by atoms with Crippen LogP contribution in [0.1, 0.15) is 15.9 Å². The molecule has 0 fully saturated rings. The first-order valence-electron chi connectivity index (χ1n) is 8.08. The van der Waals surface area contributed by atoms with Gasteiger partial charge in [0.15, 0.2) is 0 Å². The van der Waals surface area contributed by atoms with E-state index in [9.17, 15) is 9.90 Å². The first-order chi connectivity index (χ1) is 13.0. The highest BCUT2D eigenvalue weighted by Crippen LogP contribution is 2.33. The summed E-state index contributed by atoms with van der Waals surface area (Å²) < 4.78 is 3.21. The summed E-state index contributed by atoms with van der Waals surface area (Å²) in [5.41, 5.74) is 4.50. The largest absolute Gasteiger partial charge is 0.478 e. The lowest BCUT2D eigenvalue weighted by Crippen LogP contribution is -2.01. The molecule has 27 heavy (non-hydrogen) atoms. The summed E-state index contributed by atoms with van der Waals surface area (Å²) in [6, 6.07) is 11.3. The van der Waals surface area contributed by atoms with Crippen molar-refractivity contribution in [2.75, 3.05) is 0 Å². The molecule has 0 amide bonds. The summed E-state index contributed by atoms with van der Waals surface area (Å²) in [7, 11) is 0. The quantitative estimate of drug-likeness (QED) is 0.583. The molecule has 0 unspecified atom stereocenters. The van der Waals surface area contributed by atoms with Crippen molar-refractivity contribution in [1.82, 2.24) is 24.8 Å². The van der Waals surface area contributed by atoms with Gasteiger partial charge in [0.2, 0.25) is 0 Å². The molecule has 2 heterocycles. The molecule has 1 N–H and O–H groups in total. The van der Waals surface area contributed by atoms with Gasteiger partial charge in [0, 0.05) is 16.8 Å². The summed E-state index contributed by atoms with van der Waals surface area (Å²) >= 11 is 6.25. The van der Waals surface area contributed by atoms with Crippen LogP contribution >= 0.6 is 11.6 Å². The molecule has 0 spiro atoms. The van der Waals surface area contributed by atoms with E-state index in [1.807, 2.05) is 37.3 Å².